The van der Waals surface area contributed by atoms with E-state index in [4.69, 9.17) is 23.3 Å². The van der Waals surface area contributed by atoms with Gasteiger partial charge >= 0.3 is 11.3 Å². The average molecular weight is 590 g/mol. The molecule has 0 bridgehead atoms. The first-order valence-corrected chi connectivity index (χ1v) is 13.8. The molecule has 5 aromatic heterocycles. The van der Waals surface area contributed by atoms with Crippen LogP contribution in [0.25, 0.3) is 33.6 Å². The van der Waals surface area contributed by atoms with E-state index in [-0.39, 0.29) is 0 Å². The normalized spacial score (nSPS) is 11.3. The summed E-state index contributed by atoms with van der Waals surface area (Å²) < 4.78 is 29.1. The number of imidazole rings is 2. The van der Waals surface area contributed by atoms with Gasteiger partial charge in [-0.2, -0.15) is 14.1 Å². The Morgan fingerprint density at radius 1 is 0.682 bits per heavy atom. The van der Waals surface area contributed by atoms with Crippen molar-refractivity contribution in [3.8, 4) is 23.1 Å². The minimum atomic E-state index is -0.414. The number of nitrogens with zero attached hydrogens (tertiary/aromatic N) is 5. The van der Waals surface area contributed by atoms with Crippen molar-refractivity contribution >= 4 is 21.9 Å². The van der Waals surface area contributed by atoms with Crippen LogP contribution in [0.4, 0.5) is 0 Å². The standard InChI is InChI=1S/C33H27N5O6/c1-41-24-6-8-26-22(14-32(39)43-28(26)16-24)18-35-10-12-37(20-35)30-4-3-5-31(34-30)38-13-11-36(21-38)19-23-15-33(40)44-29-17-25(42-2)7-9-27(23)29/h3-17,20-21H,18-19H2,1-2H3/q+2. The van der Waals surface area contributed by atoms with Crippen LogP contribution in [0, 0.1) is 0 Å². The third-order valence-electron chi connectivity index (χ3n) is 7.41. The minimum absolute atomic E-state index is 0.414. The van der Waals surface area contributed by atoms with E-state index in [1.54, 1.807) is 26.4 Å². The lowest BCUT2D eigenvalue weighted by atomic mass is 10.1. The highest BCUT2D eigenvalue weighted by Gasteiger charge is 2.16. The average Bonchev–Trinajstić information content (AvgIpc) is 3.70. The van der Waals surface area contributed by atoms with Gasteiger partial charge in [0.05, 0.1) is 14.2 Å². The molecule has 0 unspecified atom stereocenters. The molecule has 0 radical (unpaired) electrons. The molecule has 11 nitrogen and oxygen atoms in total. The van der Waals surface area contributed by atoms with Gasteiger partial charge in [-0.1, -0.05) is 6.07 Å². The summed E-state index contributed by atoms with van der Waals surface area (Å²) in [6.45, 7) is 0.941. The Morgan fingerprint density at radius 2 is 1.16 bits per heavy atom. The summed E-state index contributed by atoms with van der Waals surface area (Å²) >= 11 is 0. The summed E-state index contributed by atoms with van der Waals surface area (Å²) in [6, 6.07) is 19.7. The molecule has 0 saturated heterocycles. The number of fused-ring (bicyclic) bond motifs is 2. The summed E-state index contributed by atoms with van der Waals surface area (Å²) in [5.41, 5.74) is 1.81. The summed E-state index contributed by atoms with van der Waals surface area (Å²) in [4.78, 5) is 29.3. The van der Waals surface area contributed by atoms with Crippen LogP contribution < -0.4 is 29.9 Å². The Kier molecular flexibility index (Phi) is 6.74. The molecule has 0 amide bonds. The van der Waals surface area contributed by atoms with Crippen molar-refractivity contribution < 1.29 is 27.4 Å². The van der Waals surface area contributed by atoms with Crippen molar-refractivity contribution in [2.75, 3.05) is 14.2 Å². The van der Waals surface area contributed by atoms with Gasteiger partial charge in [0, 0.05) is 58.3 Å². The molecule has 11 heteroatoms. The first-order valence-electron chi connectivity index (χ1n) is 13.8. The number of pyridine rings is 1. The van der Waals surface area contributed by atoms with Gasteiger partial charge in [0.25, 0.3) is 12.7 Å². The van der Waals surface area contributed by atoms with Crippen molar-refractivity contribution in [2.45, 2.75) is 13.1 Å². The maximum absolute atomic E-state index is 12.2. The molecule has 0 saturated carbocycles. The van der Waals surface area contributed by atoms with Crippen LogP contribution in [-0.2, 0) is 13.1 Å². The first-order chi connectivity index (χ1) is 21.4. The number of hydrogen-bond donors (Lipinski definition) is 0. The molecule has 0 N–H and O–H groups in total. The molecular weight excluding hydrogens is 562 g/mol. The van der Waals surface area contributed by atoms with Crippen LogP contribution >= 0.6 is 0 Å². The maximum Gasteiger partial charge on any atom is 0.336 e. The fourth-order valence-electron chi connectivity index (χ4n) is 5.28. The van der Waals surface area contributed by atoms with Crippen molar-refractivity contribution in [2.24, 2.45) is 0 Å². The van der Waals surface area contributed by atoms with E-state index in [0.717, 1.165) is 33.5 Å². The van der Waals surface area contributed by atoms with Crippen LogP contribution in [0.5, 0.6) is 11.5 Å². The largest absolute Gasteiger partial charge is 0.497 e. The maximum atomic E-state index is 12.2. The third kappa shape index (κ3) is 5.22. The Balaban J connectivity index is 1.13. The number of hydrogen-bond acceptors (Lipinski definition) is 7. The predicted molar refractivity (Wildman–Crippen MR) is 160 cm³/mol. The number of benzene rings is 2. The van der Waals surface area contributed by atoms with Crippen LogP contribution in [-0.4, -0.2) is 28.3 Å². The van der Waals surface area contributed by atoms with Gasteiger partial charge in [-0.15, -0.1) is 0 Å². The summed E-state index contributed by atoms with van der Waals surface area (Å²) in [5, 5.41) is 1.69. The second kappa shape index (κ2) is 11.0. The van der Waals surface area contributed by atoms with Crippen LogP contribution in [0.2, 0.25) is 0 Å². The second-order valence-corrected chi connectivity index (χ2v) is 10.2. The Hall–Kier alpha value is -5.97. The molecule has 0 fully saturated rings. The Bertz CT molecular complexity index is 2120. The number of ether oxygens (including phenoxy) is 2. The fourth-order valence-corrected chi connectivity index (χ4v) is 5.28. The highest BCUT2D eigenvalue weighted by molar-refractivity contribution is 5.82. The lowest BCUT2D eigenvalue weighted by Crippen LogP contribution is -2.32. The molecule has 0 spiro atoms. The summed E-state index contributed by atoms with van der Waals surface area (Å²) in [7, 11) is 3.15. The van der Waals surface area contributed by atoms with Gasteiger partial charge in [-0.05, 0) is 24.3 Å². The van der Waals surface area contributed by atoms with E-state index in [0.29, 0.717) is 35.8 Å². The SMILES string of the molecule is COc1ccc2c(C[n+]3ccn(-c4cccc(-n5cc[n+](Cc6cc(=O)oc7cc(OC)ccc67)c5)n4)c3)cc(=O)oc2c1. The van der Waals surface area contributed by atoms with Crippen molar-refractivity contribution in [1.29, 1.82) is 0 Å². The molecule has 0 atom stereocenters. The molecule has 2 aromatic carbocycles. The van der Waals surface area contributed by atoms with Crippen molar-refractivity contribution in [3.63, 3.8) is 0 Å². The zero-order valence-corrected chi connectivity index (χ0v) is 23.9. The Morgan fingerprint density at radius 3 is 1.61 bits per heavy atom. The summed E-state index contributed by atoms with van der Waals surface area (Å²) in [6.07, 6.45) is 11.5. The van der Waals surface area contributed by atoms with Crippen molar-refractivity contribution in [3.05, 3.63) is 136 Å². The highest BCUT2D eigenvalue weighted by Crippen LogP contribution is 2.23. The lowest BCUT2D eigenvalue weighted by Gasteiger charge is -2.05. The number of methoxy groups -OCH3 is 2. The van der Waals surface area contributed by atoms with Gasteiger partial charge in [-0.3, -0.25) is 0 Å². The minimum Gasteiger partial charge on any atom is -0.497 e. The van der Waals surface area contributed by atoms with Gasteiger partial charge in [0.1, 0.15) is 60.5 Å². The first kappa shape index (κ1) is 26.9. The second-order valence-electron chi connectivity index (χ2n) is 10.2. The van der Waals surface area contributed by atoms with E-state index in [1.165, 1.54) is 12.1 Å². The molecule has 5 heterocycles. The molecule has 7 rings (SSSR count). The molecule has 0 aliphatic rings. The van der Waals surface area contributed by atoms with E-state index in [2.05, 4.69) is 0 Å². The fraction of sp³-hybridized carbons (Fsp3) is 0.121. The zero-order valence-electron chi connectivity index (χ0n) is 23.9. The van der Waals surface area contributed by atoms with Gasteiger partial charge in [-0.25, -0.2) is 18.7 Å². The molecular formula is C33H27N5O6+2. The van der Waals surface area contributed by atoms with Gasteiger partial charge in [0.15, 0.2) is 0 Å². The van der Waals surface area contributed by atoms with E-state index < -0.39 is 11.3 Å². The summed E-state index contributed by atoms with van der Waals surface area (Å²) in [5.74, 6) is 2.70. The molecule has 0 aliphatic carbocycles. The zero-order chi connectivity index (χ0) is 30.2. The van der Waals surface area contributed by atoms with Crippen LogP contribution in [0.15, 0.2) is 123 Å². The quantitative estimate of drug-likeness (QED) is 0.197. The molecule has 218 valence electrons. The highest BCUT2D eigenvalue weighted by atomic mass is 16.5. The van der Waals surface area contributed by atoms with Crippen molar-refractivity contribution in [1.82, 2.24) is 14.1 Å². The van der Waals surface area contributed by atoms with Crippen LogP contribution in [0.1, 0.15) is 11.1 Å². The molecule has 0 aliphatic heterocycles. The third-order valence-corrected chi connectivity index (χ3v) is 7.41. The predicted octanol–water partition coefficient (Wildman–Crippen LogP) is 3.56. The molecule has 44 heavy (non-hydrogen) atoms. The monoisotopic (exact) mass is 589 g/mol. The lowest BCUT2D eigenvalue weighted by molar-refractivity contribution is -0.687. The number of aromatic nitrogens is 5. The smallest absolute Gasteiger partial charge is 0.336 e. The molecule has 7 aromatic rings. The van der Waals surface area contributed by atoms with E-state index in [1.807, 2.05) is 98.2 Å². The van der Waals surface area contributed by atoms with Gasteiger partial charge in [0.2, 0.25) is 11.6 Å². The van der Waals surface area contributed by atoms with E-state index >= 15 is 0 Å². The van der Waals surface area contributed by atoms with Crippen LogP contribution in [0.3, 0.4) is 0 Å². The van der Waals surface area contributed by atoms with E-state index in [9.17, 15) is 9.59 Å². The Labute approximate surface area is 250 Å². The topological polar surface area (TPSA) is 109 Å². The van der Waals surface area contributed by atoms with Gasteiger partial charge < -0.3 is 18.3 Å². The number of rotatable bonds is 8.